The van der Waals surface area contributed by atoms with Gasteiger partial charge in [-0.3, -0.25) is 9.78 Å². The second kappa shape index (κ2) is 8.06. The Kier molecular flexibility index (Phi) is 5.36. The third-order valence-electron chi connectivity index (χ3n) is 4.08. The lowest BCUT2D eigenvalue weighted by molar-refractivity contribution is -0.113. The second-order valence-corrected chi connectivity index (χ2v) is 7.42. The van der Waals surface area contributed by atoms with Crippen molar-refractivity contribution in [2.75, 3.05) is 24.3 Å². The quantitative estimate of drug-likeness (QED) is 0.638. The number of halogens is 1. The molecule has 1 aliphatic rings. The van der Waals surface area contributed by atoms with Crippen LogP contribution in [0, 0.1) is 0 Å². The van der Waals surface area contributed by atoms with Crippen LogP contribution in [0.25, 0.3) is 10.9 Å². The van der Waals surface area contributed by atoms with E-state index in [-0.39, 0.29) is 11.7 Å². The van der Waals surface area contributed by atoms with Crippen molar-refractivity contribution >= 4 is 45.9 Å². The molecule has 1 N–H and O–H groups in total. The molecule has 27 heavy (non-hydrogen) atoms. The lowest BCUT2D eigenvalue weighted by atomic mass is 10.2. The molecule has 1 amide bonds. The molecule has 2 aromatic carbocycles. The first-order valence-electron chi connectivity index (χ1n) is 8.56. The third-order valence-corrected chi connectivity index (χ3v) is 5.47. The maximum absolute atomic E-state index is 12.4. The molecular formula is C20H17ClN2O3S. The highest BCUT2D eigenvalue weighted by atomic mass is 35.5. The Labute approximate surface area is 166 Å². The van der Waals surface area contributed by atoms with Crippen LogP contribution in [0.5, 0.6) is 11.5 Å². The van der Waals surface area contributed by atoms with Crippen LogP contribution in [0.2, 0.25) is 5.02 Å². The summed E-state index contributed by atoms with van der Waals surface area (Å²) >= 11 is 7.75. The first kappa shape index (κ1) is 17.9. The second-order valence-electron chi connectivity index (χ2n) is 5.99. The minimum atomic E-state index is -0.141. The Balaban J connectivity index is 1.46. The van der Waals surface area contributed by atoms with Gasteiger partial charge in [0.05, 0.1) is 35.2 Å². The summed E-state index contributed by atoms with van der Waals surface area (Å²) in [7, 11) is 0. The van der Waals surface area contributed by atoms with Crippen molar-refractivity contribution < 1.29 is 14.3 Å². The van der Waals surface area contributed by atoms with Crippen molar-refractivity contribution in [2.45, 2.75) is 11.3 Å². The zero-order valence-electron chi connectivity index (χ0n) is 14.4. The van der Waals surface area contributed by atoms with Crippen LogP contribution in [0.1, 0.15) is 6.42 Å². The highest BCUT2D eigenvalue weighted by Crippen LogP contribution is 2.37. The number of hydrogen-bond acceptors (Lipinski definition) is 5. The molecule has 0 atom stereocenters. The molecule has 7 heteroatoms. The third kappa shape index (κ3) is 4.12. The number of anilines is 1. The van der Waals surface area contributed by atoms with Gasteiger partial charge >= 0.3 is 0 Å². The number of amides is 1. The fourth-order valence-electron chi connectivity index (χ4n) is 2.80. The van der Waals surface area contributed by atoms with E-state index in [9.17, 15) is 4.79 Å². The fraction of sp³-hybridized carbons (Fsp3) is 0.200. The van der Waals surface area contributed by atoms with E-state index in [0.717, 1.165) is 22.2 Å². The Morgan fingerprint density at radius 2 is 1.93 bits per heavy atom. The Hall–Kier alpha value is -2.44. The van der Waals surface area contributed by atoms with Gasteiger partial charge in [0, 0.05) is 35.0 Å². The van der Waals surface area contributed by atoms with E-state index in [1.807, 2.05) is 30.3 Å². The molecule has 4 rings (SSSR count). The molecular weight excluding hydrogens is 384 g/mol. The largest absolute Gasteiger partial charge is 0.490 e. The standard InChI is InChI=1S/C20H17ClN2O3S/c21-14-10-17-18(26-9-3-8-25-17)11-16(14)23-20(24)12-27-19-6-7-22-15-5-2-1-4-13(15)19/h1-2,4-7,10-11H,3,8-9,12H2,(H,23,24). The molecule has 0 aliphatic carbocycles. The SMILES string of the molecule is O=C(CSc1ccnc2ccccc12)Nc1cc2c(cc1Cl)OCCCO2. The van der Waals surface area contributed by atoms with E-state index in [4.69, 9.17) is 21.1 Å². The Bertz CT molecular complexity index is 991. The maximum Gasteiger partial charge on any atom is 0.234 e. The lowest BCUT2D eigenvalue weighted by Crippen LogP contribution is -2.14. The lowest BCUT2D eigenvalue weighted by Gasteiger charge is -2.12. The average Bonchev–Trinajstić information content (AvgIpc) is 2.91. The molecule has 0 bridgehead atoms. The van der Waals surface area contributed by atoms with Gasteiger partial charge < -0.3 is 14.8 Å². The van der Waals surface area contributed by atoms with Gasteiger partial charge in [0.1, 0.15) is 0 Å². The van der Waals surface area contributed by atoms with E-state index in [1.165, 1.54) is 11.8 Å². The predicted octanol–water partition coefficient (Wildman–Crippen LogP) is 4.78. The van der Waals surface area contributed by atoms with Gasteiger partial charge in [0.2, 0.25) is 5.91 Å². The summed E-state index contributed by atoms with van der Waals surface area (Å²) < 4.78 is 11.3. The monoisotopic (exact) mass is 400 g/mol. The molecule has 138 valence electrons. The molecule has 1 aromatic heterocycles. The Morgan fingerprint density at radius 1 is 1.15 bits per heavy atom. The van der Waals surface area contributed by atoms with Crippen molar-refractivity contribution in [3.63, 3.8) is 0 Å². The smallest absolute Gasteiger partial charge is 0.234 e. The van der Waals surface area contributed by atoms with Crippen LogP contribution in [0.3, 0.4) is 0 Å². The minimum Gasteiger partial charge on any atom is -0.490 e. The van der Waals surface area contributed by atoms with Gasteiger partial charge in [-0.2, -0.15) is 0 Å². The van der Waals surface area contributed by atoms with Crippen LogP contribution in [0.15, 0.2) is 53.6 Å². The normalized spacial score (nSPS) is 13.2. The number of nitrogens with one attached hydrogen (secondary N) is 1. The Morgan fingerprint density at radius 3 is 2.78 bits per heavy atom. The summed E-state index contributed by atoms with van der Waals surface area (Å²) in [4.78, 5) is 17.8. The van der Waals surface area contributed by atoms with Crippen molar-refractivity contribution in [3.8, 4) is 11.5 Å². The van der Waals surface area contributed by atoms with E-state index >= 15 is 0 Å². The van der Waals surface area contributed by atoms with Crippen LogP contribution < -0.4 is 14.8 Å². The molecule has 1 aliphatic heterocycles. The van der Waals surface area contributed by atoms with Gasteiger partial charge in [-0.1, -0.05) is 29.8 Å². The number of nitrogens with zero attached hydrogens (tertiary/aromatic N) is 1. The molecule has 0 saturated heterocycles. The molecule has 2 heterocycles. The number of thioether (sulfide) groups is 1. The highest BCUT2D eigenvalue weighted by Gasteiger charge is 2.16. The molecule has 5 nitrogen and oxygen atoms in total. The summed E-state index contributed by atoms with van der Waals surface area (Å²) in [6.07, 6.45) is 2.56. The van der Waals surface area contributed by atoms with Gasteiger partial charge in [-0.05, 0) is 12.1 Å². The number of carbonyl (C=O) groups excluding carboxylic acids is 1. The van der Waals surface area contributed by atoms with Gasteiger partial charge in [0.25, 0.3) is 0 Å². The summed E-state index contributed by atoms with van der Waals surface area (Å²) in [6.45, 7) is 1.17. The first-order valence-corrected chi connectivity index (χ1v) is 9.92. The van der Waals surface area contributed by atoms with Crippen LogP contribution >= 0.6 is 23.4 Å². The molecule has 0 unspecified atom stereocenters. The fourth-order valence-corrected chi connectivity index (χ4v) is 3.85. The number of benzene rings is 2. The topological polar surface area (TPSA) is 60.5 Å². The molecule has 0 spiro atoms. The molecule has 0 saturated carbocycles. The van der Waals surface area contributed by atoms with Gasteiger partial charge in [-0.25, -0.2) is 0 Å². The molecule has 0 fully saturated rings. The van der Waals surface area contributed by atoms with Crippen molar-refractivity contribution in [2.24, 2.45) is 0 Å². The van der Waals surface area contributed by atoms with E-state index in [0.29, 0.717) is 35.4 Å². The van der Waals surface area contributed by atoms with Gasteiger partial charge in [0.15, 0.2) is 11.5 Å². The number of ether oxygens (including phenoxy) is 2. The summed E-state index contributed by atoms with van der Waals surface area (Å²) in [5, 5.41) is 4.31. The first-order chi connectivity index (χ1) is 13.2. The molecule has 0 radical (unpaired) electrons. The van der Waals surface area contributed by atoms with E-state index in [1.54, 1.807) is 18.3 Å². The summed E-state index contributed by atoms with van der Waals surface area (Å²) in [5.74, 6) is 1.32. The highest BCUT2D eigenvalue weighted by molar-refractivity contribution is 8.00. The summed E-state index contributed by atoms with van der Waals surface area (Å²) in [5.41, 5.74) is 1.43. The summed E-state index contributed by atoms with van der Waals surface area (Å²) in [6, 6.07) is 13.2. The number of rotatable bonds is 4. The van der Waals surface area contributed by atoms with Crippen LogP contribution in [0.4, 0.5) is 5.69 Å². The number of para-hydroxylation sites is 1. The van der Waals surface area contributed by atoms with E-state index in [2.05, 4.69) is 10.3 Å². The number of carbonyl (C=O) groups is 1. The molecule has 3 aromatic rings. The number of fused-ring (bicyclic) bond motifs is 2. The average molecular weight is 401 g/mol. The minimum absolute atomic E-state index is 0.141. The van der Waals surface area contributed by atoms with Crippen molar-refractivity contribution in [1.29, 1.82) is 0 Å². The number of pyridine rings is 1. The van der Waals surface area contributed by atoms with Crippen LogP contribution in [-0.2, 0) is 4.79 Å². The predicted molar refractivity (Wildman–Crippen MR) is 108 cm³/mol. The zero-order valence-corrected chi connectivity index (χ0v) is 16.0. The number of aromatic nitrogens is 1. The van der Waals surface area contributed by atoms with Crippen molar-refractivity contribution in [3.05, 3.63) is 53.7 Å². The maximum atomic E-state index is 12.4. The number of hydrogen-bond donors (Lipinski definition) is 1. The van der Waals surface area contributed by atoms with Gasteiger partial charge in [-0.15, -0.1) is 11.8 Å². The van der Waals surface area contributed by atoms with Crippen molar-refractivity contribution in [1.82, 2.24) is 4.98 Å². The van der Waals surface area contributed by atoms with Crippen LogP contribution in [-0.4, -0.2) is 29.9 Å². The van der Waals surface area contributed by atoms with E-state index < -0.39 is 0 Å². The zero-order chi connectivity index (χ0) is 18.6.